The minimum Gasteiger partial charge on any atom is -0.483 e. The molecule has 1 aliphatic rings. The lowest BCUT2D eigenvalue weighted by Gasteiger charge is -2.45. The van der Waals surface area contributed by atoms with E-state index in [1.54, 1.807) is 18.2 Å². The van der Waals surface area contributed by atoms with Crippen LogP contribution in [0.3, 0.4) is 0 Å². The summed E-state index contributed by atoms with van der Waals surface area (Å²) < 4.78 is 39.4. The van der Waals surface area contributed by atoms with Gasteiger partial charge in [0.1, 0.15) is 42.9 Å². The number of hydrogen-bond acceptors (Lipinski definition) is 13. The van der Waals surface area contributed by atoms with Crippen LogP contribution in [0.15, 0.2) is 65.7 Å². The van der Waals surface area contributed by atoms with Crippen LogP contribution >= 0.6 is 0 Å². The Kier molecular flexibility index (Phi) is 7.92. The fourth-order valence-electron chi connectivity index (χ4n) is 4.56. The van der Waals surface area contributed by atoms with Gasteiger partial charge in [-0.25, -0.2) is 4.79 Å². The Morgan fingerprint density at radius 1 is 0.976 bits per heavy atom. The summed E-state index contributed by atoms with van der Waals surface area (Å²) in [5.41, 5.74) is -2.18. The first-order valence-corrected chi connectivity index (χ1v) is 12.8. The summed E-state index contributed by atoms with van der Waals surface area (Å²) in [5, 5.41) is 43.4. The van der Waals surface area contributed by atoms with Crippen LogP contribution in [0.1, 0.15) is 19.6 Å². The number of hydrogen-bond donors (Lipinski definition) is 4. The van der Waals surface area contributed by atoms with Crippen LogP contribution in [0.2, 0.25) is 0 Å². The van der Waals surface area contributed by atoms with Crippen LogP contribution in [-0.4, -0.2) is 76.1 Å². The molecule has 0 saturated carbocycles. The highest BCUT2D eigenvalue weighted by Gasteiger charge is 2.49. The molecule has 4 heterocycles. The topological polar surface area (TPSA) is 191 Å². The van der Waals surface area contributed by atoms with E-state index in [-0.39, 0.29) is 29.4 Å². The highest BCUT2D eigenvalue weighted by Crippen LogP contribution is 2.36. The summed E-state index contributed by atoms with van der Waals surface area (Å²) in [6.45, 7) is 3.46. The van der Waals surface area contributed by atoms with E-state index in [9.17, 15) is 30.0 Å². The molecule has 13 nitrogen and oxygen atoms in total. The lowest BCUT2D eigenvalue weighted by Crippen LogP contribution is -2.63. The molecule has 4 N–H and O–H groups in total. The molecule has 220 valence electrons. The van der Waals surface area contributed by atoms with Crippen molar-refractivity contribution in [2.75, 3.05) is 13.2 Å². The molecule has 1 saturated heterocycles. The van der Waals surface area contributed by atoms with Crippen LogP contribution in [0, 0.1) is 6.92 Å². The molecular weight excluding hydrogens is 544 g/mol. The Labute approximate surface area is 232 Å². The van der Waals surface area contributed by atoms with E-state index in [1.165, 1.54) is 39.4 Å². The molecule has 0 unspecified atom stereocenters. The molecule has 5 rings (SSSR count). The number of aliphatic hydroxyl groups is 4. The predicted octanol–water partition coefficient (Wildman–Crippen LogP) is 1.22. The molecule has 4 aromatic rings. The Bertz CT molecular complexity index is 1630. The van der Waals surface area contributed by atoms with Gasteiger partial charge in [0.05, 0.1) is 24.7 Å². The summed E-state index contributed by atoms with van der Waals surface area (Å²) >= 11 is 0. The first-order chi connectivity index (χ1) is 19.5. The van der Waals surface area contributed by atoms with Gasteiger partial charge in [-0.05, 0) is 39.0 Å². The van der Waals surface area contributed by atoms with Crippen LogP contribution in [0.4, 0.5) is 0 Å². The number of aliphatic hydroxyl groups excluding tert-OH is 4. The molecular formula is C28H30O13. The van der Waals surface area contributed by atoms with Gasteiger partial charge in [-0.2, -0.15) is 0 Å². The Balaban J connectivity index is 1.39. The van der Waals surface area contributed by atoms with Crippen molar-refractivity contribution in [2.45, 2.75) is 63.2 Å². The predicted molar refractivity (Wildman–Crippen MR) is 141 cm³/mol. The van der Waals surface area contributed by atoms with Gasteiger partial charge in [-0.1, -0.05) is 0 Å². The lowest BCUT2D eigenvalue weighted by molar-refractivity contribution is -0.312. The molecule has 41 heavy (non-hydrogen) atoms. The van der Waals surface area contributed by atoms with Gasteiger partial charge in [0.2, 0.25) is 23.2 Å². The largest absolute Gasteiger partial charge is 0.483 e. The third-order valence-electron chi connectivity index (χ3n) is 6.98. The quantitative estimate of drug-likeness (QED) is 0.209. The average molecular weight is 575 g/mol. The molecule has 1 fully saturated rings. The molecule has 0 bridgehead atoms. The third kappa shape index (κ3) is 5.60. The third-order valence-corrected chi connectivity index (χ3v) is 6.98. The number of rotatable bonds is 9. The van der Waals surface area contributed by atoms with Crippen molar-refractivity contribution < 1.29 is 52.6 Å². The molecule has 1 aliphatic heterocycles. The number of aryl methyl sites for hydroxylation is 1. The number of fused-ring (bicyclic) bond motifs is 2. The van der Waals surface area contributed by atoms with Crippen molar-refractivity contribution in [2.24, 2.45) is 0 Å². The van der Waals surface area contributed by atoms with Crippen LogP contribution < -0.4 is 20.5 Å². The van der Waals surface area contributed by atoms with Crippen molar-refractivity contribution in [3.8, 4) is 11.5 Å². The van der Waals surface area contributed by atoms with Crippen molar-refractivity contribution in [1.82, 2.24) is 0 Å². The van der Waals surface area contributed by atoms with E-state index in [2.05, 4.69) is 0 Å². The zero-order chi connectivity index (χ0) is 29.5. The van der Waals surface area contributed by atoms with Crippen molar-refractivity contribution in [3.05, 3.63) is 69.3 Å². The monoisotopic (exact) mass is 574 g/mol. The highest BCUT2D eigenvalue weighted by molar-refractivity contribution is 5.99. The summed E-state index contributed by atoms with van der Waals surface area (Å²) in [6, 6.07) is 7.45. The highest BCUT2D eigenvalue weighted by atomic mass is 16.7. The molecule has 0 amide bonds. The van der Waals surface area contributed by atoms with Crippen molar-refractivity contribution in [3.63, 3.8) is 0 Å². The Morgan fingerprint density at radius 3 is 2.44 bits per heavy atom. The normalized spacial score (nSPS) is 24.0. The summed E-state index contributed by atoms with van der Waals surface area (Å²) in [6.07, 6.45) is -6.14. The first kappa shape index (κ1) is 28.8. The maximum atomic E-state index is 12.4. The maximum absolute atomic E-state index is 12.4. The average Bonchev–Trinajstić information content (AvgIpc) is 3.40. The zero-order valence-corrected chi connectivity index (χ0v) is 22.4. The summed E-state index contributed by atoms with van der Waals surface area (Å²) in [7, 11) is 0. The Morgan fingerprint density at radius 2 is 1.71 bits per heavy atom. The van der Waals surface area contributed by atoms with Gasteiger partial charge in [0.25, 0.3) is 0 Å². The number of ether oxygens (including phenoxy) is 4. The maximum Gasteiger partial charge on any atom is 0.336 e. The van der Waals surface area contributed by atoms with Gasteiger partial charge >= 0.3 is 5.63 Å². The molecule has 0 radical (unpaired) electrons. The minimum atomic E-state index is -1.65. The molecule has 3 aromatic heterocycles. The number of benzene rings is 1. The van der Waals surface area contributed by atoms with Gasteiger partial charge in [0.15, 0.2) is 11.2 Å². The molecule has 13 heteroatoms. The van der Waals surface area contributed by atoms with E-state index >= 15 is 0 Å². The van der Waals surface area contributed by atoms with Crippen molar-refractivity contribution in [1.29, 1.82) is 0 Å². The summed E-state index contributed by atoms with van der Waals surface area (Å²) in [5.74, 6) is 0.0115. The minimum absolute atomic E-state index is 0.102. The van der Waals surface area contributed by atoms with Crippen LogP contribution in [-0.2, 0) is 9.47 Å². The fraction of sp³-hybridized carbons (Fsp3) is 0.429. The zero-order valence-electron chi connectivity index (χ0n) is 22.4. The Hall–Kier alpha value is -3.72. The van der Waals surface area contributed by atoms with Crippen LogP contribution in [0.25, 0.3) is 21.9 Å². The second-order valence-corrected chi connectivity index (χ2v) is 10.2. The van der Waals surface area contributed by atoms with E-state index < -0.39 is 60.1 Å². The standard InChI is InChI=1S/C28H30O13/c1-13-22(16(30)7-9-35-13)40-27-25(21(34)20(33)17(11-29)38-27)41-28(2,3)18(31)12-37-26-23-15(6-8-36-23)10-14-4-5-19(32)39-24(14)26/h4-10,17-18,20-21,25,27,29,31,33-34H,11-12H2,1-3H3/t17-,18+,20-,21-,25+,27+/m1/s1. The van der Waals surface area contributed by atoms with E-state index in [1.807, 2.05) is 0 Å². The second kappa shape index (κ2) is 11.3. The fourth-order valence-corrected chi connectivity index (χ4v) is 4.56. The SMILES string of the molecule is Cc1occc(=O)c1O[C@@H]1O[C@H](CO)[C@@H](O)[C@@H](O)[C@@H]1OC(C)(C)[C@@H](O)COc1c2occc2cc2ccc(=O)oc12. The van der Waals surface area contributed by atoms with Crippen molar-refractivity contribution >= 4 is 21.9 Å². The van der Waals surface area contributed by atoms with Gasteiger partial charge in [0, 0.05) is 22.9 Å². The van der Waals surface area contributed by atoms with E-state index in [4.69, 9.17) is 32.2 Å². The van der Waals surface area contributed by atoms with Gasteiger partial charge in [-0.15, -0.1) is 0 Å². The van der Waals surface area contributed by atoms with Crippen LogP contribution in [0.5, 0.6) is 11.5 Å². The molecule has 0 aliphatic carbocycles. The lowest BCUT2D eigenvalue weighted by atomic mass is 9.96. The second-order valence-electron chi connectivity index (χ2n) is 10.2. The number of furan rings is 1. The smallest absolute Gasteiger partial charge is 0.336 e. The molecule has 1 aromatic carbocycles. The van der Waals surface area contributed by atoms with Gasteiger partial charge < -0.3 is 52.6 Å². The van der Waals surface area contributed by atoms with E-state index in [0.717, 1.165) is 6.07 Å². The van der Waals surface area contributed by atoms with E-state index in [0.29, 0.717) is 16.4 Å². The molecule has 0 spiro atoms. The molecule has 6 atom stereocenters. The van der Waals surface area contributed by atoms with Gasteiger partial charge in [-0.3, -0.25) is 4.79 Å². The first-order valence-electron chi connectivity index (χ1n) is 12.8. The summed E-state index contributed by atoms with van der Waals surface area (Å²) in [4.78, 5) is 24.3.